The zero-order valence-corrected chi connectivity index (χ0v) is 10.8. The predicted molar refractivity (Wildman–Crippen MR) is 74.1 cm³/mol. The van der Waals surface area contributed by atoms with Crippen LogP contribution in [0.1, 0.15) is 23.2 Å². The molecule has 2 aromatic rings. The molecule has 4 nitrogen and oxygen atoms in total. The summed E-state index contributed by atoms with van der Waals surface area (Å²) in [6, 6.07) is 7.61. The Labute approximate surface area is 112 Å². The Hall–Kier alpha value is -1.81. The van der Waals surface area contributed by atoms with Crippen LogP contribution in [0.3, 0.4) is 0 Å². The molecule has 3 rings (SSSR count). The van der Waals surface area contributed by atoms with Crippen LogP contribution in [0.25, 0.3) is 11.0 Å². The molecule has 0 aliphatic carbocycles. The Morgan fingerprint density at radius 2 is 2.32 bits per heavy atom. The Balaban J connectivity index is 1.66. The molecule has 1 fully saturated rings. The van der Waals surface area contributed by atoms with Gasteiger partial charge in [-0.25, -0.2) is 0 Å². The van der Waals surface area contributed by atoms with Crippen LogP contribution in [0, 0.1) is 5.92 Å². The first-order valence-corrected chi connectivity index (χ1v) is 6.80. The summed E-state index contributed by atoms with van der Waals surface area (Å²) in [5.74, 6) is 0.492. The smallest absolute Gasteiger partial charge is 0.255 e. The van der Waals surface area contributed by atoms with Gasteiger partial charge in [0, 0.05) is 11.9 Å². The number of nitrogens with one attached hydrogen (secondary N) is 2. The van der Waals surface area contributed by atoms with Crippen LogP contribution in [0.5, 0.6) is 0 Å². The number of fused-ring (bicyclic) bond motifs is 1. The molecule has 0 radical (unpaired) electrons. The second kappa shape index (κ2) is 5.45. The topological polar surface area (TPSA) is 54.3 Å². The lowest BCUT2D eigenvalue weighted by Crippen LogP contribution is -2.38. The molecule has 0 bridgehead atoms. The van der Waals surface area contributed by atoms with Gasteiger partial charge in [0.15, 0.2) is 0 Å². The summed E-state index contributed by atoms with van der Waals surface area (Å²) in [4.78, 5) is 12.2. The highest BCUT2D eigenvalue weighted by Crippen LogP contribution is 2.20. The van der Waals surface area contributed by atoms with E-state index in [1.807, 2.05) is 24.3 Å². The van der Waals surface area contributed by atoms with E-state index in [4.69, 9.17) is 4.42 Å². The SMILES string of the molecule is O=C(NCC1CCCNC1)c1coc2ccccc12. The Kier molecular flexibility index (Phi) is 3.51. The summed E-state index contributed by atoms with van der Waals surface area (Å²) >= 11 is 0. The van der Waals surface area contributed by atoms with Crippen LogP contribution in [0.15, 0.2) is 34.9 Å². The average Bonchev–Trinajstić information content (AvgIpc) is 2.90. The van der Waals surface area contributed by atoms with Crippen molar-refractivity contribution in [3.8, 4) is 0 Å². The van der Waals surface area contributed by atoms with Crippen molar-refractivity contribution in [2.24, 2.45) is 5.92 Å². The summed E-state index contributed by atoms with van der Waals surface area (Å²) < 4.78 is 5.39. The Bertz CT molecular complexity index is 570. The van der Waals surface area contributed by atoms with Crippen LogP contribution in [0.4, 0.5) is 0 Å². The number of benzene rings is 1. The van der Waals surface area contributed by atoms with Gasteiger partial charge in [-0.2, -0.15) is 0 Å². The predicted octanol–water partition coefficient (Wildman–Crippen LogP) is 2.16. The summed E-state index contributed by atoms with van der Waals surface area (Å²) in [6.45, 7) is 2.81. The van der Waals surface area contributed by atoms with Crippen molar-refractivity contribution in [2.75, 3.05) is 19.6 Å². The van der Waals surface area contributed by atoms with E-state index >= 15 is 0 Å². The van der Waals surface area contributed by atoms with Gasteiger partial charge in [-0.1, -0.05) is 18.2 Å². The first-order chi connectivity index (χ1) is 9.34. The van der Waals surface area contributed by atoms with E-state index in [9.17, 15) is 4.79 Å². The first kappa shape index (κ1) is 12.2. The normalized spacial score (nSPS) is 19.5. The molecule has 1 aromatic carbocycles. The number of carbonyl (C=O) groups is 1. The van der Waals surface area contributed by atoms with Gasteiger partial charge >= 0.3 is 0 Å². The zero-order chi connectivity index (χ0) is 13.1. The molecule has 4 heteroatoms. The third-order valence-corrected chi connectivity index (χ3v) is 3.68. The van der Waals surface area contributed by atoms with Crippen LogP contribution in [0.2, 0.25) is 0 Å². The van der Waals surface area contributed by atoms with Gasteiger partial charge in [0.25, 0.3) is 5.91 Å². The number of furan rings is 1. The molecule has 1 atom stereocenters. The maximum Gasteiger partial charge on any atom is 0.255 e. The summed E-state index contributed by atoms with van der Waals surface area (Å²) in [6.07, 6.45) is 3.91. The zero-order valence-electron chi connectivity index (χ0n) is 10.8. The molecular weight excluding hydrogens is 240 g/mol. The molecule has 2 heterocycles. The minimum Gasteiger partial charge on any atom is -0.463 e. The molecule has 100 valence electrons. The van der Waals surface area contributed by atoms with Crippen molar-refractivity contribution in [3.63, 3.8) is 0 Å². The Morgan fingerprint density at radius 1 is 1.42 bits per heavy atom. The monoisotopic (exact) mass is 258 g/mol. The highest BCUT2D eigenvalue weighted by Gasteiger charge is 2.17. The fraction of sp³-hybridized carbons (Fsp3) is 0.400. The molecule has 0 spiro atoms. The van der Waals surface area contributed by atoms with E-state index in [1.54, 1.807) is 6.26 Å². The highest BCUT2D eigenvalue weighted by atomic mass is 16.3. The number of amides is 1. The third kappa shape index (κ3) is 2.63. The van der Waals surface area contributed by atoms with Crippen molar-refractivity contribution < 1.29 is 9.21 Å². The van der Waals surface area contributed by atoms with Crippen LogP contribution in [-0.4, -0.2) is 25.5 Å². The quantitative estimate of drug-likeness (QED) is 0.887. The highest BCUT2D eigenvalue weighted by molar-refractivity contribution is 6.05. The molecule has 1 aliphatic heterocycles. The molecule has 1 unspecified atom stereocenters. The van der Waals surface area contributed by atoms with E-state index in [-0.39, 0.29) is 5.91 Å². The van der Waals surface area contributed by atoms with Crippen molar-refractivity contribution in [3.05, 3.63) is 36.1 Å². The summed E-state index contributed by atoms with van der Waals surface area (Å²) in [5, 5.41) is 7.24. The maximum absolute atomic E-state index is 12.2. The van der Waals surface area contributed by atoms with Crippen molar-refractivity contribution >= 4 is 16.9 Å². The molecular formula is C15H18N2O2. The van der Waals surface area contributed by atoms with E-state index in [0.717, 1.165) is 30.6 Å². The lowest BCUT2D eigenvalue weighted by atomic mass is 9.99. The van der Waals surface area contributed by atoms with Gasteiger partial charge in [-0.15, -0.1) is 0 Å². The first-order valence-electron chi connectivity index (χ1n) is 6.80. The number of carbonyl (C=O) groups excluding carboxylic acids is 1. The third-order valence-electron chi connectivity index (χ3n) is 3.68. The number of para-hydroxylation sites is 1. The van der Waals surface area contributed by atoms with Gasteiger partial charge in [-0.3, -0.25) is 4.79 Å². The summed E-state index contributed by atoms with van der Waals surface area (Å²) in [5.41, 5.74) is 1.38. The van der Waals surface area contributed by atoms with Crippen LogP contribution < -0.4 is 10.6 Å². The number of hydrogen-bond acceptors (Lipinski definition) is 3. The van der Waals surface area contributed by atoms with Crippen molar-refractivity contribution in [2.45, 2.75) is 12.8 Å². The second-order valence-electron chi connectivity index (χ2n) is 5.07. The van der Waals surface area contributed by atoms with Gasteiger partial charge in [0.1, 0.15) is 11.8 Å². The lowest BCUT2D eigenvalue weighted by molar-refractivity contribution is 0.0945. The van der Waals surface area contributed by atoms with E-state index in [0.29, 0.717) is 11.5 Å². The standard InChI is InChI=1S/C15H18N2O2/c18-15(17-9-11-4-3-7-16-8-11)13-10-19-14-6-2-1-5-12(13)14/h1-2,5-6,10-11,16H,3-4,7-9H2,(H,17,18). The van der Waals surface area contributed by atoms with Crippen molar-refractivity contribution in [1.29, 1.82) is 0 Å². The van der Waals surface area contributed by atoms with Crippen LogP contribution in [-0.2, 0) is 0 Å². The molecule has 1 aliphatic rings. The fourth-order valence-corrected chi connectivity index (χ4v) is 2.58. The second-order valence-corrected chi connectivity index (χ2v) is 5.07. The minimum atomic E-state index is -0.0458. The van der Waals surface area contributed by atoms with Gasteiger partial charge in [-0.05, 0) is 37.9 Å². The molecule has 19 heavy (non-hydrogen) atoms. The minimum absolute atomic E-state index is 0.0458. The molecule has 2 N–H and O–H groups in total. The maximum atomic E-state index is 12.2. The number of hydrogen-bond donors (Lipinski definition) is 2. The van der Waals surface area contributed by atoms with Crippen molar-refractivity contribution in [1.82, 2.24) is 10.6 Å². The van der Waals surface area contributed by atoms with Gasteiger partial charge < -0.3 is 15.1 Å². The van der Waals surface area contributed by atoms with Gasteiger partial charge in [0.2, 0.25) is 0 Å². The summed E-state index contributed by atoms with van der Waals surface area (Å²) in [7, 11) is 0. The average molecular weight is 258 g/mol. The van der Waals surface area contributed by atoms with E-state index in [2.05, 4.69) is 10.6 Å². The van der Waals surface area contributed by atoms with E-state index in [1.165, 1.54) is 12.8 Å². The Morgan fingerprint density at radius 3 is 3.16 bits per heavy atom. The molecule has 0 saturated carbocycles. The molecule has 1 saturated heterocycles. The molecule has 1 amide bonds. The van der Waals surface area contributed by atoms with Crippen LogP contribution >= 0.6 is 0 Å². The molecule has 1 aromatic heterocycles. The number of rotatable bonds is 3. The lowest BCUT2D eigenvalue weighted by Gasteiger charge is -2.22. The fourth-order valence-electron chi connectivity index (χ4n) is 2.58. The largest absolute Gasteiger partial charge is 0.463 e. The number of piperidine rings is 1. The van der Waals surface area contributed by atoms with E-state index < -0.39 is 0 Å². The van der Waals surface area contributed by atoms with Gasteiger partial charge in [0.05, 0.1) is 5.56 Å².